The van der Waals surface area contributed by atoms with Crippen LogP contribution in [0.5, 0.6) is 0 Å². The maximum atomic E-state index is 13.6. The van der Waals surface area contributed by atoms with E-state index in [1.165, 1.54) is 24.3 Å². The molecule has 12 heteroatoms. The number of nitrogens with one attached hydrogen (secondary N) is 1. The van der Waals surface area contributed by atoms with E-state index in [2.05, 4.69) is 9.97 Å². The molecule has 3 aromatic rings. The van der Waals surface area contributed by atoms with Gasteiger partial charge in [0.15, 0.2) is 0 Å². The Morgan fingerprint density at radius 3 is 1.76 bits per heavy atom. The molecule has 0 aliphatic rings. The fourth-order valence-electron chi connectivity index (χ4n) is 2.37. The molecule has 0 aliphatic carbocycles. The molecule has 0 saturated carbocycles. The molecule has 1 heterocycles. The molecule has 0 unspecified atom stereocenters. The Balaban J connectivity index is 0.00000300. The Morgan fingerprint density at radius 1 is 0.862 bits per heavy atom. The Hall–Kier alpha value is -1.82. The summed E-state index contributed by atoms with van der Waals surface area (Å²) in [4.78, 5) is 5.66. The van der Waals surface area contributed by atoms with Gasteiger partial charge in [0.1, 0.15) is 11.6 Å². The number of nitrogens with zero attached hydrogens (tertiary/aromatic N) is 1. The maximum absolute atomic E-state index is 13.6. The van der Waals surface area contributed by atoms with Crippen molar-refractivity contribution in [3.63, 3.8) is 0 Å². The third-order valence-electron chi connectivity index (χ3n) is 3.80. The van der Waals surface area contributed by atoms with Crippen molar-refractivity contribution in [2.24, 2.45) is 0 Å². The van der Waals surface area contributed by atoms with Crippen molar-refractivity contribution in [3.8, 4) is 22.5 Å². The molecule has 0 fully saturated rings. The molecule has 0 atom stereocenters. The van der Waals surface area contributed by atoms with E-state index in [-0.39, 0.29) is 52.1 Å². The van der Waals surface area contributed by atoms with Gasteiger partial charge in [-0.25, -0.2) is 31.0 Å². The second kappa shape index (κ2) is 8.50. The quantitative estimate of drug-likeness (QED) is 0.482. The first-order chi connectivity index (χ1) is 13.0. The summed E-state index contributed by atoms with van der Waals surface area (Å²) in [5, 5.41) is -6.78. The number of aromatic amines is 1. The van der Waals surface area contributed by atoms with Gasteiger partial charge in [0.05, 0.1) is 11.4 Å². The Morgan fingerprint density at radius 2 is 1.31 bits per heavy atom. The van der Waals surface area contributed by atoms with Crippen LogP contribution in [0.1, 0.15) is 0 Å². The summed E-state index contributed by atoms with van der Waals surface area (Å²) < 4.78 is 103. The van der Waals surface area contributed by atoms with Crippen LogP contribution in [0.4, 0.5) is 26.3 Å². The van der Waals surface area contributed by atoms with Gasteiger partial charge >= 0.3 is 41.2 Å². The molecule has 0 bridgehead atoms. The summed E-state index contributed by atoms with van der Waals surface area (Å²) in [6.45, 7) is 0. The SMILES string of the molecule is O=S(=O)(c1nc(-c2ccc(F)cc2)c(-c2ccc(F)cc2)[nH]1)C(F)(F)C(F)F.[Na+]. The van der Waals surface area contributed by atoms with Crippen LogP contribution in [0, 0.1) is 11.6 Å². The summed E-state index contributed by atoms with van der Waals surface area (Å²) >= 11 is 0. The van der Waals surface area contributed by atoms with Crippen molar-refractivity contribution in [1.82, 2.24) is 9.97 Å². The fraction of sp³-hybridized carbons (Fsp3) is 0.118. The van der Waals surface area contributed by atoms with Gasteiger partial charge < -0.3 is 4.98 Å². The number of aromatic nitrogens is 2. The minimum absolute atomic E-state index is 0. The summed E-state index contributed by atoms with van der Waals surface area (Å²) in [5.74, 6) is -1.25. The third-order valence-corrected chi connectivity index (χ3v) is 5.40. The van der Waals surface area contributed by atoms with Gasteiger partial charge in [-0.05, 0) is 48.5 Å². The Kier molecular flexibility index (Phi) is 6.88. The number of hydrogen-bond donors (Lipinski definition) is 1. The van der Waals surface area contributed by atoms with Crippen LogP contribution >= 0.6 is 0 Å². The van der Waals surface area contributed by atoms with Crippen LogP contribution in [0.2, 0.25) is 0 Å². The van der Waals surface area contributed by atoms with Gasteiger partial charge in [-0.2, -0.15) is 8.78 Å². The van der Waals surface area contributed by atoms with Crippen LogP contribution in [-0.2, 0) is 9.84 Å². The topological polar surface area (TPSA) is 62.8 Å². The van der Waals surface area contributed by atoms with Gasteiger partial charge in [0, 0.05) is 11.1 Å². The molecule has 1 N–H and O–H groups in total. The van der Waals surface area contributed by atoms with Crippen LogP contribution < -0.4 is 29.6 Å². The van der Waals surface area contributed by atoms with E-state index in [4.69, 9.17) is 0 Å². The summed E-state index contributed by atoms with van der Waals surface area (Å²) in [5.41, 5.74) is -0.0840. The smallest absolute Gasteiger partial charge is 0.328 e. The van der Waals surface area contributed by atoms with Gasteiger partial charge in [-0.1, -0.05) is 0 Å². The molecule has 0 radical (unpaired) electrons. The molecule has 29 heavy (non-hydrogen) atoms. The predicted octanol–water partition coefficient (Wildman–Crippen LogP) is 1.66. The molecule has 0 amide bonds. The van der Waals surface area contributed by atoms with Crippen LogP contribution in [0.15, 0.2) is 53.7 Å². The van der Waals surface area contributed by atoms with Gasteiger partial charge in [0.25, 0.3) is 9.84 Å². The first-order valence-electron chi connectivity index (χ1n) is 7.56. The average Bonchev–Trinajstić information content (AvgIpc) is 3.08. The van der Waals surface area contributed by atoms with Crippen molar-refractivity contribution in [3.05, 3.63) is 60.2 Å². The van der Waals surface area contributed by atoms with E-state index in [9.17, 15) is 34.8 Å². The molecule has 0 aliphatic heterocycles. The zero-order valence-corrected chi connectivity index (χ0v) is 17.5. The molecule has 1 aromatic heterocycles. The van der Waals surface area contributed by atoms with Gasteiger partial charge in [-0.3, -0.25) is 0 Å². The minimum Gasteiger partial charge on any atom is -0.328 e. The third kappa shape index (κ3) is 4.37. The maximum Gasteiger partial charge on any atom is 1.00 e. The van der Waals surface area contributed by atoms with Gasteiger partial charge in [0.2, 0.25) is 5.16 Å². The van der Waals surface area contributed by atoms with E-state index in [0.29, 0.717) is 0 Å². The molecule has 4 nitrogen and oxygen atoms in total. The molecular weight excluding hydrogens is 433 g/mol. The number of halogens is 6. The first kappa shape index (κ1) is 23.5. The number of rotatable bonds is 5. The Bertz CT molecular complexity index is 1040. The summed E-state index contributed by atoms with van der Waals surface area (Å²) in [6.07, 6.45) is -4.48. The van der Waals surface area contributed by atoms with Crippen LogP contribution in [0.25, 0.3) is 22.5 Å². The van der Waals surface area contributed by atoms with E-state index in [1.807, 2.05) is 0 Å². The number of alkyl halides is 4. The molecule has 0 saturated heterocycles. The zero-order chi connectivity index (χ0) is 20.7. The first-order valence-corrected chi connectivity index (χ1v) is 9.05. The van der Waals surface area contributed by atoms with Crippen molar-refractivity contribution in [2.75, 3.05) is 0 Å². The standard InChI is InChI=1S/C17H10F6N2O2S.Na/c18-11-5-1-9(2-6-11)13-14(10-3-7-12(19)8-4-10)25-16(24-13)28(26,27)17(22,23)15(20)21;/h1-8,15H,(H,24,25);/q;+1. The van der Waals surface area contributed by atoms with Crippen LogP contribution in [0.3, 0.4) is 0 Å². The number of sulfone groups is 1. The zero-order valence-electron chi connectivity index (χ0n) is 14.6. The molecule has 2 aromatic carbocycles. The average molecular weight is 443 g/mol. The fourth-order valence-corrected chi connectivity index (χ4v) is 3.31. The summed E-state index contributed by atoms with van der Waals surface area (Å²) in [6, 6.07) is 8.87. The number of hydrogen-bond acceptors (Lipinski definition) is 3. The monoisotopic (exact) mass is 443 g/mol. The van der Waals surface area contributed by atoms with E-state index in [1.54, 1.807) is 0 Å². The van der Waals surface area contributed by atoms with E-state index >= 15 is 0 Å². The molecule has 3 rings (SSSR count). The summed E-state index contributed by atoms with van der Waals surface area (Å²) in [7, 11) is -5.87. The van der Waals surface area contributed by atoms with E-state index < -0.39 is 38.3 Å². The van der Waals surface area contributed by atoms with Crippen molar-refractivity contribution in [2.45, 2.75) is 16.8 Å². The number of imidazole rings is 1. The normalized spacial score (nSPS) is 12.1. The molecule has 148 valence electrons. The molecule has 0 spiro atoms. The van der Waals surface area contributed by atoms with E-state index in [0.717, 1.165) is 24.3 Å². The van der Waals surface area contributed by atoms with Gasteiger partial charge in [-0.15, -0.1) is 0 Å². The van der Waals surface area contributed by atoms with Crippen molar-refractivity contribution >= 4 is 9.84 Å². The minimum atomic E-state index is -5.87. The second-order valence-electron chi connectivity index (χ2n) is 5.65. The second-order valence-corrected chi connectivity index (χ2v) is 7.58. The van der Waals surface area contributed by atoms with Crippen molar-refractivity contribution < 1.29 is 64.3 Å². The van der Waals surface area contributed by atoms with Crippen LogP contribution in [-0.4, -0.2) is 30.1 Å². The Labute approximate surface area is 183 Å². The molecular formula is C17H10F6N2NaO2S+. The number of benzene rings is 2. The number of H-pyrrole nitrogens is 1. The predicted molar refractivity (Wildman–Crippen MR) is 87.5 cm³/mol. The largest absolute Gasteiger partial charge is 1.00 e. The van der Waals surface area contributed by atoms with Crippen molar-refractivity contribution in [1.29, 1.82) is 0 Å².